The number of amides is 1. The van der Waals surface area contributed by atoms with Crippen molar-refractivity contribution in [1.82, 2.24) is 15.4 Å². The summed E-state index contributed by atoms with van der Waals surface area (Å²) in [6.45, 7) is 5.71. The number of likely N-dealkylation sites (tertiary alicyclic amines) is 1. The van der Waals surface area contributed by atoms with E-state index in [0.717, 1.165) is 33.9 Å². The number of thiazole rings is 1. The summed E-state index contributed by atoms with van der Waals surface area (Å²) in [7, 11) is -4.01. The van der Waals surface area contributed by atoms with Gasteiger partial charge in [-0.25, -0.2) is 18.9 Å². The first-order valence-corrected chi connectivity index (χ1v) is 13.2. The van der Waals surface area contributed by atoms with Gasteiger partial charge in [0.05, 0.1) is 15.6 Å². The van der Waals surface area contributed by atoms with E-state index in [2.05, 4.69) is 9.88 Å². The van der Waals surface area contributed by atoms with Crippen LogP contribution in [0.1, 0.15) is 24.8 Å². The number of piperidine rings is 1. The number of aromatic nitrogens is 1. The number of rotatable bonds is 6. The van der Waals surface area contributed by atoms with E-state index in [4.69, 9.17) is 0 Å². The highest BCUT2D eigenvalue weighted by molar-refractivity contribution is 7.93. The average molecular weight is 522 g/mol. The minimum atomic E-state index is -4.01. The van der Waals surface area contributed by atoms with Gasteiger partial charge >= 0.3 is 0 Å². The lowest BCUT2D eigenvalue weighted by molar-refractivity contribution is -0.133. The Morgan fingerprint density at radius 1 is 1.06 bits per heavy atom. The predicted octanol–water partition coefficient (Wildman–Crippen LogP) is 4.34. The van der Waals surface area contributed by atoms with Crippen molar-refractivity contribution in [3.63, 3.8) is 0 Å². The van der Waals surface area contributed by atoms with E-state index >= 15 is 0 Å². The zero-order chi connectivity index (χ0) is 23.6. The molecular formula is C24H28ClN3O4S2. The third-order valence-electron chi connectivity index (χ3n) is 6.44. The molecule has 0 aliphatic carbocycles. The number of halogens is 1. The van der Waals surface area contributed by atoms with Gasteiger partial charge in [-0.2, -0.15) is 0 Å². The quantitative estimate of drug-likeness (QED) is 0.370. The number of aryl methyl sites for hydroxylation is 1. The third-order valence-corrected chi connectivity index (χ3v) is 9.73. The maximum atomic E-state index is 13.6. The minimum Gasteiger partial charge on any atom is -0.303 e. The lowest BCUT2D eigenvalue weighted by Gasteiger charge is -2.39. The highest BCUT2D eigenvalue weighted by atomic mass is 35.5. The van der Waals surface area contributed by atoms with Crippen LogP contribution in [-0.4, -0.2) is 53.8 Å². The van der Waals surface area contributed by atoms with Crippen LogP contribution >= 0.6 is 23.7 Å². The Balaban J connectivity index is 0.00000324. The molecule has 7 nitrogen and oxygen atoms in total. The molecule has 3 aromatic rings. The fourth-order valence-electron chi connectivity index (χ4n) is 4.33. The molecular weight excluding hydrogens is 494 g/mol. The van der Waals surface area contributed by atoms with Crippen LogP contribution in [0, 0.1) is 6.92 Å². The normalized spacial score (nSPS) is 16.0. The minimum absolute atomic E-state index is 0. The van der Waals surface area contributed by atoms with Crippen LogP contribution in [-0.2, 0) is 14.6 Å². The first-order chi connectivity index (χ1) is 15.8. The van der Waals surface area contributed by atoms with Gasteiger partial charge in [0.1, 0.15) is 0 Å². The second-order valence-electron chi connectivity index (χ2n) is 8.23. The number of hydroxylamine groups is 1. The number of carbonyl (C=O) groups is 1. The van der Waals surface area contributed by atoms with Crippen molar-refractivity contribution in [3.8, 4) is 22.4 Å². The fraction of sp³-hybridized carbons (Fsp3) is 0.333. The van der Waals surface area contributed by atoms with E-state index in [1.165, 1.54) is 0 Å². The van der Waals surface area contributed by atoms with Crippen LogP contribution in [0.3, 0.4) is 0 Å². The first-order valence-electron chi connectivity index (χ1n) is 10.9. The molecule has 2 N–H and O–H groups in total. The highest BCUT2D eigenvalue weighted by Gasteiger charge is 2.52. The van der Waals surface area contributed by atoms with Crippen LogP contribution in [0.4, 0.5) is 0 Å². The predicted molar refractivity (Wildman–Crippen MR) is 136 cm³/mol. The summed E-state index contributed by atoms with van der Waals surface area (Å²) in [5.74, 6) is -0.866. The lowest BCUT2D eigenvalue weighted by atomic mass is 9.95. The number of benzene rings is 2. The van der Waals surface area contributed by atoms with Crippen LogP contribution in [0.2, 0.25) is 0 Å². The van der Waals surface area contributed by atoms with Crippen molar-refractivity contribution in [2.45, 2.75) is 36.3 Å². The van der Waals surface area contributed by atoms with Crippen LogP contribution in [0.5, 0.6) is 0 Å². The Morgan fingerprint density at radius 2 is 1.59 bits per heavy atom. The smallest absolute Gasteiger partial charge is 0.265 e. The Hall–Kier alpha value is -2.30. The molecule has 10 heteroatoms. The molecule has 1 aliphatic heterocycles. The molecule has 1 aliphatic rings. The third kappa shape index (κ3) is 4.76. The van der Waals surface area contributed by atoms with Gasteiger partial charge in [-0.1, -0.05) is 43.3 Å². The zero-order valence-corrected chi connectivity index (χ0v) is 21.5. The molecule has 1 amide bonds. The largest absolute Gasteiger partial charge is 0.303 e. The first kappa shape index (κ1) is 26.3. The zero-order valence-electron chi connectivity index (χ0n) is 19.0. The SMILES string of the molecule is CCN1CCC(C(=O)NO)(S(=O)(=O)c2ccc(-c3ccc(-c4csc(C)n4)cc3)cc2)CC1.Cl. The molecule has 0 spiro atoms. The van der Waals surface area contributed by atoms with Gasteiger partial charge in [-0.3, -0.25) is 10.0 Å². The second kappa shape index (κ2) is 10.5. The summed E-state index contributed by atoms with van der Waals surface area (Å²) < 4.78 is 25.4. The molecule has 2 aromatic carbocycles. The van der Waals surface area contributed by atoms with Crippen molar-refractivity contribution in [3.05, 3.63) is 58.9 Å². The van der Waals surface area contributed by atoms with E-state index in [9.17, 15) is 18.4 Å². The monoisotopic (exact) mass is 521 g/mol. The topological polar surface area (TPSA) is 99.6 Å². The summed E-state index contributed by atoms with van der Waals surface area (Å²) in [4.78, 5) is 19.3. The molecule has 1 saturated heterocycles. The van der Waals surface area contributed by atoms with Crippen molar-refractivity contribution in [2.75, 3.05) is 19.6 Å². The van der Waals surface area contributed by atoms with Gasteiger partial charge in [0.2, 0.25) is 0 Å². The van der Waals surface area contributed by atoms with Crippen LogP contribution < -0.4 is 5.48 Å². The summed E-state index contributed by atoms with van der Waals surface area (Å²) in [5.41, 5.74) is 5.39. The summed E-state index contributed by atoms with van der Waals surface area (Å²) >= 11 is 1.61. The molecule has 34 heavy (non-hydrogen) atoms. The summed E-state index contributed by atoms with van der Waals surface area (Å²) in [5, 5.41) is 12.3. The fourth-order valence-corrected chi connectivity index (χ4v) is 6.91. The average Bonchev–Trinajstić information content (AvgIpc) is 3.29. The Bertz CT molecular complexity index is 1230. The van der Waals surface area contributed by atoms with Gasteiger partial charge in [-0.15, -0.1) is 23.7 Å². The van der Waals surface area contributed by atoms with E-state index in [0.29, 0.717) is 13.1 Å². The lowest BCUT2D eigenvalue weighted by Crippen LogP contribution is -2.57. The summed E-state index contributed by atoms with van der Waals surface area (Å²) in [6.07, 6.45) is 0.268. The molecule has 1 aromatic heterocycles. The molecule has 2 heterocycles. The van der Waals surface area contributed by atoms with Crippen LogP contribution in [0.15, 0.2) is 58.8 Å². The number of carbonyl (C=O) groups excluding carboxylic acids is 1. The molecule has 0 atom stereocenters. The highest BCUT2D eigenvalue weighted by Crippen LogP contribution is 2.36. The summed E-state index contributed by atoms with van der Waals surface area (Å²) in [6, 6.07) is 14.5. The maximum absolute atomic E-state index is 13.6. The second-order valence-corrected chi connectivity index (χ2v) is 11.5. The van der Waals surface area contributed by atoms with Gasteiger partial charge < -0.3 is 4.90 Å². The van der Waals surface area contributed by atoms with Crippen molar-refractivity contribution in [2.24, 2.45) is 0 Å². The number of sulfone groups is 1. The number of nitrogens with one attached hydrogen (secondary N) is 1. The molecule has 0 radical (unpaired) electrons. The van der Waals surface area contributed by atoms with Gasteiger partial charge in [0.25, 0.3) is 5.91 Å². The van der Waals surface area contributed by atoms with E-state index < -0.39 is 20.5 Å². The number of hydrogen-bond donors (Lipinski definition) is 2. The maximum Gasteiger partial charge on any atom is 0.265 e. The molecule has 0 unspecified atom stereocenters. The van der Waals surface area contributed by atoms with Crippen molar-refractivity contribution >= 4 is 39.5 Å². The number of hydrogen-bond acceptors (Lipinski definition) is 7. The molecule has 0 bridgehead atoms. The van der Waals surface area contributed by atoms with Gasteiger partial charge in [-0.05, 0) is 49.6 Å². The Labute approximate surface area is 210 Å². The number of nitrogens with zero attached hydrogens (tertiary/aromatic N) is 2. The standard InChI is InChI=1S/C24H27N3O4S2.ClH/c1-3-27-14-12-24(13-15-27,23(28)26-29)33(30,31)21-10-8-19(9-11-21)18-4-6-20(7-5-18)22-16-32-17(2)25-22;/h4-11,16,29H,3,12-15H2,1-2H3,(H,26,28);1H. The van der Waals surface area contributed by atoms with E-state index in [-0.39, 0.29) is 30.1 Å². The van der Waals surface area contributed by atoms with Gasteiger partial charge in [0, 0.05) is 24.0 Å². The molecule has 0 saturated carbocycles. The van der Waals surface area contributed by atoms with Crippen molar-refractivity contribution in [1.29, 1.82) is 0 Å². The van der Waals surface area contributed by atoms with Gasteiger partial charge in [0.15, 0.2) is 14.6 Å². The van der Waals surface area contributed by atoms with Crippen LogP contribution in [0.25, 0.3) is 22.4 Å². The van der Waals surface area contributed by atoms with Crippen molar-refractivity contribution < 1.29 is 18.4 Å². The van der Waals surface area contributed by atoms with E-state index in [1.54, 1.807) is 41.1 Å². The Morgan fingerprint density at radius 3 is 2.06 bits per heavy atom. The van der Waals surface area contributed by atoms with E-state index in [1.807, 2.05) is 43.5 Å². The Kier molecular flexibility index (Phi) is 8.15. The molecule has 182 valence electrons. The molecule has 1 fully saturated rings. The molecule has 4 rings (SSSR count).